The average molecular weight is 639 g/mol. The van der Waals surface area contributed by atoms with Gasteiger partial charge in [0.25, 0.3) is 5.91 Å². The van der Waals surface area contributed by atoms with Crippen molar-refractivity contribution in [3.8, 4) is 0 Å². The lowest BCUT2D eigenvalue weighted by Crippen LogP contribution is -2.70. The number of rotatable bonds is 12. The molecule has 2 saturated carbocycles. The summed E-state index contributed by atoms with van der Waals surface area (Å²) in [5, 5.41) is 78.1. The summed E-state index contributed by atoms with van der Waals surface area (Å²) in [5.74, 6) is -0.745. The Hall–Kier alpha value is -1.17. The molecule has 0 aromatic carbocycles. The molecule has 4 aliphatic rings. The molecular weight excluding hydrogens is 588 g/mol. The molecule has 2 heterocycles. The second kappa shape index (κ2) is 15.2. The van der Waals surface area contributed by atoms with Crippen LogP contribution in [-0.2, 0) is 23.7 Å². The van der Waals surface area contributed by atoms with Crippen LogP contribution >= 0.6 is 0 Å². The van der Waals surface area contributed by atoms with Crippen molar-refractivity contribution in [1.82, 2.24) is 10.6 Å². The van der Waals surface area contributed by atoms with Crippen LogP contribution in [0.4, 0.5) is 0 Å². The first kappa shape index (κ1) is 35.7. The zero-order valence-corrected chi connectivity index (χ0v) is 24.5. The van der Waals surface area contributed by atoms with Crippen LogP contribution in [0.15, 0.2) is 0 Å². The summed E-state index contributed by atoms with van der Waals surface area (Å²) < 4.78 is 23.6. The van der Waals surface area contributed by atoms with Crippen LogP contribution in [0.5, 0.6) is 0 Å². The van der Waals surface area contributed by atoms with E-state index >= 15 is 0 Å². The number of hydrogen-bond donors (Lipinski definition) is 13. The van der Waals surface area contributed by atoms with Crippen LogP contribution in [0, 0.1) is 0 Å². The molecule has 1 unspecified atom stereocenters. The van der Waals surface area contributed by atoms with E-state index in [2.05, 4.69) is 10.6 Å². The molecule has 4 rings (SSSR count). The highest BCUT2D eigenvalue weighted by atomic mass is 16.7. The van der Waals surface area contributed by atoms with Crippen molar-refractivity contribution in [2.24, 2.45) is 22.9 Å². The van der Waals surface area contributed by atoms with Gasteiger partial charge in [-0.25, -0.2) is 0 Å². The third kappa shape index (κ3) is 7.85. The average Bonchev–Trinajstić information content (AvgIpc) is 2.96. The summed E-state index contributed by atoms with van der Waals surface area (Å²) in [6, 6.07) is -4.35. The van der Waals surface area contributed by atoms with Gasteiger partial charge in [-0.1, -0.05) is 0 Å². The summed E-state index contributed by atoms with van der Waals surface area (Å²) in [4.78, 5) is 13.0. The van der Waals surface area contributed by atoms with E-state index in [1.165, 1.54) is 0 Å². The first-order valence-electron chi connectivity index (χ1n) is 15.1. The number of amides is 1. The van der Waals surface area contributed by atoms with Crippen LogP contribution in [0.25, 0.3) is 0 Å². The largest absolute Gasteiger partial charge is 0.396 e. The van der Waals surface area contributed by atoms with E-state index in [1.54, 1.807) is 0 Å². The first-order valence-corrected chi connectivity index (χ1v) is 15.1. The van der Waals surface area contributed by atoms with Gasteiger partial charge in [-0.05, 0) is 25.8 Å². The van der Waals surface area contributed by atoms with Crippen molar-refractivity contribution in [1.29, 1.82) is 0 Å². The second-order valence-corrected chi connectivity index (χ2v) is 12.4. The van der Waals surface area contributed by atoms with E-state index < -0.39 is 104 Å². The first-order chi connectivity index (χ1) is 20.8. The zero-order valence-electron chi connectivity index (χ0n) is 24.5. The quantitative estimate of drug-likeness (QED) is 0.0883. The predicted molar refractivity (Wildman–Crippen MR) is 150 cm³/mol. The van der Waals surface area contributed by atoms with E-state index in [0.717, 1.165) is 0 Å². The number of nitrogens with one attached hydrogen (secondary N) is 2. The van der Waals surface area contributed by atoms with Gasteiger partial charge in [-0.2, -0.15) is 0 Å². The van der Waals surface area contributed by atoms with Crippen LogP contribution in [-0.4, -0.2) is 165 Å². The fourth-order valence-electron chi connectivity index (χ4n) is 6.24. The van der Waals surface area contributed by atoms with Crippen molar-refractivity contribution in [2.45, 2.75) is 129 Å². The molecule has 2 aliphatic heterocycles. The van der Waals surface area contributed by atoms with Gasteiger partial charge in [0, 0.05) is 38.1 Å². The smallest absolute Gasteiger partial charge is 0.252 e. The van der Waals surface area contributed by atoms with Gasteiger partial charge < -0.3 is 88.3 Å². The summed E-state index contributed by atoms with van der Waals surface area (Å²) in [6.45, 7) is 0.0989. The Morgan fingerprint density at radius 3 is 2.16 bits per heavy atom. The molecule has 0 spiro atoms. The van der Waals surface area contributed by atoms with Crippen LogP contribution in [0.2, 0.25) is 0 Å². The zero-order chi connectivity index (χ0) is 32.3. The van der Waals surface area contributed by atoms with E-state index in [1.807, 2.05) is 0 Å². The molecule has 4 fully saturated rings. The molecule has 0 aromatic heterocycles. The van der Waals surface area contributed by atoms with Crippen molar-refractivity contribution >= 4 is 5.91 Å². The molecule has 14 atom stereocenters. The van der Waals surface area contributed by atoms with Gasteiger partial charge in [0.2, 0.25) is 0 Å². The second-order valence-electron chi connectivity index (χ2n) is 12.4. The van der Waals surface area contributed by atoms with Crippen LogP contribution in [0.3, 0.4) is 0 Å². The lowest BCUT2D eigenvalue weighted by atomic mass is 9.75. The molecule has 0 aromatic rings. The molecule has 44 heavy (non-hydrogen) atoms. The molecule has 2 aliphatic carbocycles. The van der Waals surface area contributed by atoms with Gasteiger partial charge in [0.15, 0.2) is 12.6 Å². The molecule has 256 valence electrons. The number of carbonyl (C=O) groups excluding carboxylic acids is 1. The Morgan fingerprint density at radius 1 is 0.864 bits per heavy atom. The third-order valence-corrected chi connectivity index (χ3v) is 8.94. The highest BCUT2D eigenvalue weighted by molar-refractivity contribution is 5.86. The lowest BCUT2D eigenvalue weighted by molar-refractivity contribution is -0.316. The minimum absolute atomic E-state index is 0.00273. The van der Waals surface area contributed by atoms with Crippen molar-refractivity contribution in [2.75, 3.05) is 26.3 Å². The van der Waals surface area contributed by atoms with Crippen molar-refractivity contribution in [3.05, 3.63) is 0 Å². The standard InChI is InChI=1S/C26H50N6O12/c27-10-6-26(40,7-10)25(39)32-13-4-11(28)21(43-23-12(29)5-14(35)15(41-23)8-31-2-1-3-33)20(38)22(13)44-24-19(37)17(30)18(36)16(9-34)42-24/h10-24,31,33-38,40H,1-9,27-30H2,(H,32,39)/t10?,11-,12+,13+,14-,15+,16+,17-,18+,19+,20-,21?,22-,23+,24+,26?/m0/s1. The van der Waals surface area contributed by atoms with Gasteiger partial charge in [0.1, 0.15) is 42.2 Å². The number of ether oxygens (including phenoxy) is 4. The summed E-state index contributed by atoms with van der Waals surface area (Å²) in [7, 11) is 0. The van der Waals surface area contributed by atoms with Gasteiger partial charge >= 0.3 is 0 Å². The Morgan fingerprint density at radius 2 is 1.52 bits per heavy atom. The molecular formula is C26H50N6O12. The summed E-state index contributed by atoms with van der Waals surface area (Å²) in [6.07, 6.45) is -11.9. The number of carbonyl (C=O) groups is 1. The molecule has 1 amide bonds. The Labute approximate surface area is 254 Å². The van der Waals surface area contributed by atoms with E-state index in [-0.39, 0.29) is 44.9 Å². The molecule has 0 bridgehead atoms. The van der Waals surface area contributed by atoms with Crippen LogP contribution < -0.4 is 33.6 Å². The van der Waals surface area contributed by atoms with E-state index in [0.29, 0.717) is 13.0 Å². The minimum Gasteiger partial charge on any atom is -0.396 e. The topological polar surface area (TPSA) is 324 Å². The van der Waals surface area contributed by atoms with Gasteiger partial charge in [-0.3, -0.25) is 4.79 Å². The Bertz CT molecular complexity index is 934. The fourth-order valence-corrected chi connectivity index (χ4v) is 6.24. The van der Waals surface area contributed by atoms with Crippen molar-refractivity contribution < 1.29 is 59.5 Å². The summed E-state index contributed by atoms with van der Waals surface area (Å²) in [5.41, 5.74) is 22.6. The third-order valence-electron chi connectivity index (χ3n) is 8.94. The lowest BCUT2D eigenvalue weighted by Gasteiger charge is -2.49. The van der Waals surface area contributed by atoms with Gasteiger partial charge in [0.05, 0.1) is 36.9 Å². The van der Waals surface area contributed by atoms with E-state index in [9.17, 15) is 35.4 Å². The van der Waals surface area contributed by atoms with E-state index in [4.69, 9.17) is 47.0 Å². The summed E-state index contributed by atoms with van der Waals surface area (Å²) >= 11 is 0. The molecule has 17 N–H and O–H groups in total. The Kier molecular flexibility index (Phi) is 12.3. The monoisotopic (exact) mass is 638 g/mol. The highest BCUT2D eigenvalue weighted by Gasteiger charge is 2.53. The SMILES string of the molecule is NC1CC(O)(C(=O)N[C@@H]2C[C@H](N)C(O[C@H]3O[C@H](CNCCCO)[C@@H](O)C[C@H]3N)[C@H](O)[C@H]2O[C@H]2O[C@H](CO)[C@@H](O)[C@H](N)[C@H]2O)C1. The van der Waals surface area contributed by atoms with Crippen molar-refractivity contribution in [3.63, 3.8) is 0 Å². The Balaban J connectivity index is 1.51. The minimum atomic E-state index is -1.72. The van der Waals surface area contributed by atoms with Crippen LogP contribution in [0.1, 0.15) is 32.1 Å². The molecule has 2 saturated heterocycles. The highest BCUT2D eigenvalue weighted by Crippen LogP contribution is 2.34. The normalized spacial score (nSPS) is 48.0. The maximum Gasteiger partial charge on any atom is 0.252 e. The number of aliphatic hydroxyl groups excluding tert-OH is 6. The van der Waals surface area contributed by atoms with Gasteiger partial charge in [-0.15, -0.1) is 0 Å². The molecule has 0 radical (unpaired) electrons. The predicted octanol–water partition coefficient (Wildman–Crippen LogP) is -7.27. The molecule has 18 heteroatoms. The number of nitrogens with two attached hydrogens (primary N) is 4. The molecule has 18 nitrogen and oxygen atoms in total. The fraction of sp³-hybridized carbons (Fsp3) is 0.962. The maximum atomic E-state index is 13.0. The number of aliphatic hydroxyl groups is 7. The maximum absolute atomic E-state index is 13.0. The number of hydrogen-bond acceptors (Lipinski definition) is 17.